The molecule has 1 radical (unpaired) electrons. The van der Waals surface area contributed by atoms with Gasteiger partial charge in [-0.15, -0.1) is 0 Å². The van der Waals surface area contributed by atoms with E-state index in [4.69, 9.17) is 23.2 Å². The lowest BCUT2D eigenvalue weighted by molar-refractivity contribution is 0.563. The summed E-state index contributed by atoms with van der Waals surface area (Å²) in [6.45, 7) is 0. The quantitative estimate of drug-likeness (QED) is 0.723. The van der Waals surface area contributed by atoms with E-state index in [0.29, 0.717) is 15.6 Å². The Kier molecular flexibility index (Phi) is 2.44. The normalized spacial score (nSPS) is 10.4. The molecule has 0 saturated heterocycles. The Morgan fingerprint density at radius 3 is 2.29 bits per heavy atom. The molecule has 0 aromatic heterocycles. The van der Waals surface area contributed by atoms with Gasteiger partial charge in [0, 0.05) is 10.4 Å². The average Bonchev–Trinajstić information content (AvgIpc) is 2.18. The van der Waals surface area contributed by atoms with E-state index in [1.807, 2.05) is 24.5 Å². The first-order valence-electron chi connectivity index (χ1n) is 3.99. The molecular formula is C11H5Cl2O. The van der Waals surface area contributed by atoms with Crippen LogP contribution < -0.4 is 0 Å². The van der Waals surface area contributed by atoms with Crippen molar-refractivity contribution in [3.8, 4) is 0 Å². The fraction of sp³-hybridized carbons (Fsp3) is 0. The zero-order valence-corrected chi connectivity index (χ0v) is 8.56. The van der Waals surface area contributed by atoms with E-state index in [0.717, 1.165) is 10.8 Å². The lowest BCUT2D eigenvalue weighted by Gasteiger charge is -2.04. The van der Waals surface area contributed by atoms with Gasteiger partial charge in [-0.25, -0.2) is 0 Å². The zero-order chi connectivity index (χ0) is 10.1. The molecule has 2 aromatic rings. The van der Waals surface area contributed by atoms with Gasteiger partial charge in [0.15, 0.2) is 0 Å². The van der Waals surface area contributed by atoms with Gasteiger partial charge in [-0.2, -0.15) is 0 Å². The van der Waals surface area contributed by atoms with E-state index in [9.17, 15) is 4.79 Å². The van der Waals surface area contributed by atoms with E-state index < -0.39 is 0 Å². The molecular weight excluding hydrogens is 219 g/mol. The topological polar surface area (TPSA) is 17.1 Å². The van der Waals surface area contributed by atoms with Crippen LogP contribution in [0.5, 0.6) is 0 Å². The third-order valence-corrected chi connectivity index (χ3v) is 2.66. The van der Waals surface area contributed by atoms with Crippen molar-refractivity contribution < 1.29 is 4.79 Å². The summed E-state index contributed by atoms with van der Waals surface area (Å²) in [5.74, 6) is 0. The molecule has 0 bridgehead atoms. The summed E-state index contributed by atoms with van der Waals surface area (Å²) in [6, 6.07) is 8.89. The van der Waals surface area contributed by atoms with Gasteiger partial charge in [0.25, 0.3) is 0 Å². The van der Waals surface area contributed by atoms with E-state index >= 15 is 0 Å². The molecule has 1 nitrogen and oxygen atoms in total. The SMILES string of the molecule is O=[C]c1c(Cl)cc(Cl)c2ccccc12. The molecule has 0 N–H and O–H groups in total. The van der Waals surface area contributed by atoms with Gasteiger partial charge in [0.05, 0.1) is 10.6 Å². The smallest absolute Gasteiger partial charge is 0.235 e. The van der Waals surface area contributed by atoms with Crippen molar-refractivity contribution in [2.75, 3.05) is 0 Å². The molecule has 0 amide bonds. The minimum Gasteiger partial charge on any atom is -0.285 e. The molecule has 2 rings (SSSR count). The molecule has 0 atom stereocenters. The first-order valence-corrected chi connectivity index (χ1v) is 4.74. The highest BCUT2D eigenvalue weighted by molar-refractivity contribution is 6.40. The van der Waals surface area contributed by atoms with Crippen molar-refractivity contribution in [3.63, 3.8) is 0 Å². The van der Waals surface area contributed by atoms with Gasteiger partial charge in [0.1, 0.15) is 0 Å². The van der Waals surface area contributed by atoms with Crippen LogP contribution in [-0.2, 0) is 4.79 Å². The van der Waals surface area contributed by atoms with Crippen LogP contribution in [-0.4, -0.2) is 6.29 Å². The number of hydrogen-bond donors (Lipinski definition) is 0. The maximum Gasteiger partial charge on any atom is 0.235 e. The Bertz CT molecular complexity index is 506. The van der Waals surface area contributed by atoms with E-state index in [1.165, 1.54) is 0 Å². The molecule has 0 aliphatic heterocycles. The molecule has 0 saturated carbocycles. The third-order valence-electron chi connectivity index (χ3n) is 2.05. The molecule has 0 heterocycles. The highest BCUT2D eigenvalue weighted by Crippen LogP contribution is 2.31. The molecule has 2 aromatic carbocycles. The van der Waals surface area contributed by atoms with Crippen molar-refractivity contribution in [1.82, 2.24) is 0 Å². The fourth-order valence-electron chi connectivity index (χ4n) is 1.40. The number of carbonyl (C=O) groups excluding carboxylic acids is 1. The van der Waals surface area contributed by atoms with Gasteiger partial charge in [-0.3, -0.25) is 4.79 Å². The van der Waals surface area contributed by atoms with E-state index in [-0.39, 0.29) is 0 Å². The van der Waals surface area contributed by atoms with Crippen LogP contribution in [0, 0.1) is 0 Å². The van der Waals surface area contributed by atoms with Crippen molar-refractivity contribution in [1.29, 1.82) is 0 Å². The maximum absolute atomic E-state index is 10.7. The summed E-state index contributed by atoms with van der Waals surface area (Å²) in [6.07, 6.45) is 1.82. The minimum absolute atomic E-state index is 0.337. The average molecular weight is 224 g/mol. The largest absolute Gasteiger partial charge is 0.285 e. The summed E-state index contributed by atoms with van der Waals surface area (Å²) in [5, 5.41) is 2.44. The number of hydrogen-bond acceptors (Lipinski definition) is 1. The number of benzene rings is 2. The second-order valence-electron chi connectivity index (χ2n) is 2.86. The Balaban J connectivity index is 2.97. The number of rotatable bonds is 1. The highest BCUT2D eigenvalue weighted by Gasteiger charge is 2.08. The summed E-state index contributed by atoms with van der Waals surface area (Å²) in [4.78, 5) is 10.7. The predicted molar refractivity (Wildman–Crippen MR) is 58.8 cm³/mol. The molecule has 0 spiro atoms. The minimum atomic E-state index is 0.337. The molecule has 14 heavy (non-hydrogen) atoms. The molecule has 3 heteroatoms. The van der Waals surface area contributed by atoms with Gasteiger partial charge in [-0.1, -0.05) is 47.5 Å². The van der Waals surface area contributed by atoms with Gasteiger partial charge in [-0.05, 0) is 11.5 Å². The van der Waals surface area contributed by atoms with Crippen molar-refractivity contribution in [3.05, 3.63) is 45.9 Å². The molecule has 0 unspecified atom stereocenters. The van der Waals surface area contributed by atoms with E-state index in [1.54, 1.807) is 12.1 Å². The molecule has 0 aliphatic rings. The summed E-state index contributed by atoms with van der Waals surface area (Å²) in [5.41, 5.74) is 0.367. The molecule has 0 aliphatic carbocycles. The van der Waals surface area contributed by atoms with Crippen LogP contribution in [0.25, 0.3) is 10.8 Å². The van der Waals surface area contributed by atoms with Crippen LogP contribution in [0.15, 0.2) is 30.3 Å². The number of halogens is 2. The Labute approximate surface area is 91.2 Å². The van der Waals surface area contributed by atoms with Gasteiger partial charge >= 0.3 is 0 Å². The van der Waals surface area contributed by atoms with Crippen LogP contribution in [0.3, 0.4) is 0 Å². The first-order chi connectivity index (χ1) is 6.74. The van der Waals surface area contributed by atoms with Crippen LogP contribution in [0.4, 0.5) is 0 Å². The molecule has 69 valence electrons. The van der Waals surface area contributed by atoms with Crippen molar-refractivity contribution >= 4 is 40.3 Å². The van der Waals surface area contributed by atoms with Crippen LogP contribution >= 0.6 is 23.2 Å². The lowest BCUT2D eigenvalue weighted by Crippen LogP contribution is -1.86. The maximum atomic E-state index is 10.7. The zero-order valence-electron chi connectivity index (χ0n) is 7.05. The van der Waals surface area contributed by atoms with E-state index in [2.05, 4.69) is 0 Å². The first kappa shape index (κ1) is 9.50. The Hall–Kier alpha value is -1.05. The van der Waals surface area contributed by atoms with Crippen molar-refractivity contribution in [2.24, 2.45) is 0 Å². The Morgan fingerprint density at radius 2 is 1.64 bits per heavy atom. The third kappa shape index (κ3) is 1.39. The fourth-order valence-corrected chi connectivity index (χ4v) is 1.98. The lowest BCUT2D eigenvalue weighted by atomic mass is 10.1. The summed E-state index contributed by atoms with van der Waals surface area (Å²) in [7, 11) is 0. The Morgan fingerprint density at radius 1 is 1.00 bits per heavy atom. The van der Waals surface area contributed by atoms with Crippen molar-refractivity contribution in [2.45, 2.75) is 0 Å². The van der Waals surface area contributed by atoms with Gasteiger partial charge in [0.2, 0.25) is 6.29 Å². The van der Waals surface area contributed by atoms with Crippen LogP contribution in [0.2, 0.25) is 10.0 Å². The second-order valence-corrected chi connectivity index (χ2v) is 3.68. The summed E-state index contributed by atoms with van der Waals surface area (Å²) < 4.78 is 0. The van der Waals surface area contributed by atoms with Gasteiger partial charge < -0.3 is 0 Å². The predicted octanol–water partition coefficient (Wildman–Crippen LogP) is 3.60. The summed E-state index contributed by atoms with van der Waals surface area (Å²) >= 11 is 11.8. The number of fused-ring (bicyclic) bond motifs is 1. The van der Waals surface area contributed by atoms with Crippen LogP contribution in [0.1, 0.15) is 5.56 Å². The standard InChI is InChI=1S/C11H5Cl2O/c12-10-5-11(13)9(6-14)7-3-1-2-4-8(7)10/h1-5H. The monoisotopic (exact) mass is 223 g/mol. The molecule has 0 fully saturated rings. The highest BCUT2D eigenvalue weighted by atomic mass is 35.5. The second kappa shape index (κ2) is 3.60.